The van der Waals surface area contributed by atoms with Crippen LogP contribution in [0.25, 0.3) is 6.08 Å². The van der Waals surface area contributed by atoms with E-state index in [4.69, 9.17) is 4.74 Å². The highest BCUT2D eigenvalue weighted by atomic mass is 16.5. The summed E-state index contributed by atoms with van der Waals surface area (Å²) in [5, 5.41) is 4.19. The number of nitrogens with zero attached hydrogens (tertiary/aromatic N) is 3. The molecular formula is C17H23N3O. The summed E-state index contributed by atoms with van der Waals surface area (Å²) in [5.41, 5.74) is 2.39. The molecule has 0 aliphatic carbocycles. The van der Waals surface area contributed by atoms with Gasteiger partial charge in [-0.15, -0.1) is 0 Å². The fourth-order valence-electron chi connectivity index (χ4n) is 2.18. The molecule has 4 heteroatoms. The molecule has 0 unspecified atom stereocenters. The third-order valence-electron chi connectivity index (χ3n) is 3.39. The van der Waals surface area contributed by atoms with Crippen LogP contribution in [0, 0.1) is 0 Å². The number of hydrogen-bond acceptors (Lipinski definition) is 3. The Balaban J connectivity index is 1.80. The number of rotatable bonds is 7. The Morgan fingerprint density at radius 1 is 1.33 bits per heavy atom. The molecule has 4 nitrogen and oxygen atoms in total. The lowest BCUT2D eigenvalue weighted by Gasteiger charge is -2.13. The van der Waals surface area contributed by atoms with E-state index in [9.17, 15) is 0 Å². The van der Waals surface area contributed by atoms with Crippen LogP contribution in [0.15, 0.2) is 42.7 Å². The molecule has 0 radical (unpaired) electrons. The van der Waals surface area contributed by atoms with Crippen molar-refractivity contribution in [1.29, 1.82) is 0 Å². The third kappa shape index (κ3) is 4.76. The average molecular weight is 285 g/mol. The fourth-order valence-corrected chi connectivity index (χ4v) is 2.18. The first-order chi connectivity index (χ1) is 10.2. The maximum absolute atomic E-state index is 5.34. The Morgan fingerprint density at radius 3 is 2.86 bits per heavy atom. The first kappa shape index (κ1) is 15.3. The first-order valence-electron chi connectivity index (χ1n) is 7.14. The van der Waals surface area contributed by atoms with Crippen LogP contribution in [0.4, 0.5) is 0 Å². The number of para-hydroxylation sites is 1. The zero-order valence-corrected chi connectivity index (χ0v) is 13.0. The number of aromatic nitrogens is 2. The molecule has 0 spiro atoms. The highest BCUT2D eigenvalue weighted by Crippen LogP contribution is 2.18. The Morgan fingerprint density at radius 2 is 2.14 bits per heavy atom. The zero-order valence-electron chi connectivity index (χ0n) is 13.0. The van der Waals surface area contributed by atoms with E-state index in [1.807, 2.05) is 36.1 Å². The van der Waals surface area contributed by atoms with Crippen molar-refractivity contribution in [3.63, 3.8) is 0 Å². The molecule has 0 aliphatic heterocycles. The van der Waals surface area contributed by atoms with Gasteiger partial charge in [-0.2, -0.15) is 5.10 Å². The van der Waals surface area contributed by atoms with E-state index in [1.54, 1.807) is 7.11 Å². The minimum absolute atomic E-state index is 0.909. The number of methoxy groups -OCH3 is 1. The molecule has 0 atom stereocenters. The number of aryl methyl sites for hydroxylation is 1. The minimum atomic E-state index is 0.909. The van der Waals surface area contributed by atoms with Gasteiger partial charge in [0.2, 0.25) is 0 Å². The average Bonchev–Trinajstić information content (AvgIpc) is 2.91. The lowest BCUT2D eigenvalue weighted by molar-refractivity contribution is 0.375. The number of ether oxygens (including phenoxy) is 1. The summed E-state index contributed by atoms with van der Waals surface area (Å²) in [7, 11) is 5.78. The summed E-state index contributed by atoms with van der Waals surface area (Å²) in [5.74, 6) is 0.909. The fraction of sp³-hybridized carbons (Fsp3) is 0.353. The molecule has 112 valence electrons. The van der Waals surface area contributed by atoms with Crippen molar-refractivity contribution in [2.24, 2.45) is 7.05 Å². The summed E-state index contributed by atoms with van der Waals surface area (Å²) in [6.07, 6.45) is 9.30. The molecular weight excluding hydrogens is 262 g/mol. The lowest BCUT2D eigenvalue weighted by Crippen LogP contribution is -2.21. The van der Waals surface area contributed by atoms with Crippen LogP contribution in [0.2, 0.25) is 0 Å². The highest BCUT2D eigenvalue weighted by molar-refractivity contribution is 5.57. The second-order valence-electron chi connectivity index (χ2n) is 5.18. The van der Waals surface area contributed by atoms with Gasteiger partial charge in [-0.3, -0.25) is 4.68 Å². The molecule has 0 saturated heterocycles. The Kier molecular flexibility index (Phi) is 5.58. The van der Waals surface area contributed by atoms with Crippen LogP contribution in [0.5, 0.6) is 5.75 Å². The molecule has 21 heavy (non-hydrogen) atoms. The highest BCUT2D eigenvalue weighted by Gasteiger charge is 2.00. The summed E-state index contributed by atoms with van der Waals surface area (Å²) in [6, 6.07) is 8.04. The van der Waals surface area contributed by atoms with Crippen molar-refractivity contribution in [2.75, 3.05) is 27.2 Å². The molecule has 1 aromatic heterocycles. The number of hydrogen-bond donors (Lipinski definition) is 0. The largest absolute Gasteiger partial charge is 0.496 e. The van der Waals surface area contributed by atoms with Crippen LogP contribution < -0.4 is 4.74 Å². The van der Waals surface area contributed by atoms with E-state index >= 15 is 0 Å². The van der Waals surface area contributed by atoms with Gasteiger partial charge in [0.05, 0.1) is 13.3 Å². The van der Waals surface area contributed by atoms with Gasteiger partial charge in [-0.25, -0.2) is 0 Å². The minimum Gasteiger partial charge on any atom is -0.496 e. The zero-order chi connectivity index (χ0) is 15.1. The van der Waals surface area contributed by atoms with Crippen molar-refractivity contribution in [3.05, 3.63) is 53.9 Å². The van der Waals surface area contributed by atoms with E-state index in [0.29, 0.717) is 0 Å². The smallest absolute Gasteiger partial charge is 0.126 e. The Hall–Kier alpha value is -2.07. The topological polar surface area (TPSA) is 30.3 Å². The molecule has 0 N–H and O–H groups in total. The molecule has 0 saturated carbocycles. The van der Waals surface area contributed by atoms with E-state index in [0.717, 1.165) is 30.8 Å². The standard InChI is InChI=1S/C17H23N3O/c1-19(12-10-15-13-18-20(2)14-15)11-6-8-16-7-4-5-9-17(16)21-3/h4-9,13-14H,10-12H2,1-3H3/b8-6+. The van der Waals surface area contributed by atoms with Crippen molar-refractivity contribution < 1.29 is 4.74 Å². The molecule has 0 amide bonds. The SMILES string of the molecule is COc1ccccc1/C=C/CN(C)CCc1cnn(C)c1. The predicted molar refractivity (Wildman–Crippen MR) is 86.4 cm³/mol. The summed E-state index contributed by atoms with van der Waals surface area (Å²) in [6.45, 7) is 1.93. The number of benzene rings is 1. The van der Waals surface area contributed by atoms with Crippen molar-refractivity contribution in [3.8, 4) is 5.75 Å². The second kappa shape index (κ2) is 7.64. The Labute approximate surface area is 126 Å². The molecule has 1 aromatic carbocycles. The van der Waals surface area contributed by atoms with Gasteiger partial charge in [0.1, 0.15) is 5.75 Å². The Bertz CT molecular complexity index is 589. The summed E-state index contributed by atoms with van der Waals surface area (Å²) in [4.78, 5) is 2.29. The van der Waals surface area contributed by atoms with Gasteiger partial charge in [-0.05, 0) is 25.1 Å². The maximum Gasteiger partial charge on any atom is 0.126 e. The van der Waals surface area contributed by atoms with Crippen LogP contribution in [-0.2, 0) is 13.5 Å². The number of likely N-dealkylation sites (N-methyl/N-ethyl adjacent to an activating group) is 1. The quantitative estimate of drug-likeness (QED) is 0.783. The summed E-state index contributed by atoms with van der Waals surface area (Å²) >= 11 is 0. The third-order valence-corrected chi connectivity index (χ3v) is 3.39. The first-order valence-corrected chi connectivity index (χ1v) is 7.14. The van der Waals surface area contributed by atoms with Crippen LogP contribution >= 0.6 is 0 Å². The van der Waals surface area contributed by atoms with E-state index in [2.05, 4.69) is 41.5 Å². The van der Waals surface area contributed by atoms with Crippen LogP contribution in [0.3, 0.4) is 0 Å². The van der Waals surface area contributed by atoms with E-state index < -0.39 is 0 Å². The van der Waals surface area contributed by atoms with Crippen molar-refractivity contribution in [1.82, 2.24) is 14.7 Å². The van der Waals surface area contributed by atoms with Gasteiger partial charge in [0.25, 0.3) is 0 Å². The van der Waals surface area contributed by atoms with Crippen LogP contribution in [0.1, 0.15) is 11.1 Å². The predicted octanol–water partition coefficient (Wildman–Crippen LogP) is 2.62. The molecule has 0 bridgehead atoms. The normalized spacial score (nSPS) is 11.4. The van der Waals surface area contributed by atoms with E-state index in [1.165, 1.54) is 5.56 Å². The maximum atomic E-state index is 5.34. The van der Waals surface area contributed by atoms with Crippen molar-refractivity contribution >= 4 is 6.08 Å². The molecule has 0 aliphatic rings. The molecule has 0 fully saturated rings. The van der Waals surface area contributed by atoms with E-state index in [-0.39, 0.29) is 0 Å². The molecule has 1 heterocycles. The molecule has 2 rings (SSSR count). The van der Waals surface area contributed by atoms with Gasteiger partial charge in [-0.1, -0.05) is 30.4 Å². The summed E-state index contributed by atoms with van der Waals surface area (Å²) < 4.78 is 7.18. The van der Waals surface area contributed by atoms with Gasteiger partial charge >= 0.3 is 0 Å². The van der Waals surface area contributed by atoms with Crippen LogP contribution in [-0.4, -0.2) is 41.9 Å². The lowest BCUT2D eigenvalue weighted by atomic mass is 10.2. The van der Waals surface area contributed by atoms with Crippen molar-refractivity contribution in [2.45, 2.75) is 6.42 Å². The van der Waals surface area contributed by atoms with Gasteiger partial charge < -0.3 is 9.64 Å². The second-order valence-corrected chi connectivity index (χ2v) is 5.18. The molecule has 2 aromatic rings. The monoisotopic (exact) mass is 285 g/mol. The van der Waals surface area contributed by atoms with Gasteiger partial charge in [0.15, 0.2) is 0 Å². The van der Waals surface area contributed by atoms with Gasteiger partial charge in [0, 0.05) is 31.9 Å².